The molecule has 9 heavy (non-hydrogen) atoms. The quantitative estimate of drug-likeness (QED) is 0.362. The summed E-state index contributed by atoms with van der Waals surface area (Å²) in [6.45, 7) is 5.77. The van der Waals surface area contributed by atoms with Gasteiger partial charge in [0.2, 0.25) is 0 Å². The standard InChI is InChI=1S/C8H14.H2Se/c1-3-5-7-8-6-4-2;/h3,5,7H,1,4,6,8H2,2H3;1H2. The molecule has 1 heteroatoms. The first-order valence-corrected chi connectivity index (χ1v) is 3.19. The Bertz CT molecular complexity index is 74.6. The molecule has 0 aliphatic carbocycles. The van der Waals surface area contributed by atoms with E-state index in [-0.39, 0.29) is 17.1 Å². The SMILES string of the molecule is C=CC=CCCCC.[SeH2]. The van der Waals surface area contributed by atoms with Gasteiger partial charge in [0.1, 0.15) is 0 Å². The van der Waals surface area contributed by atoms with Crippen molar-refractivity contribution in [3.63, 3.8) is 0 Å². The summed E-state index contributed by atoms with van der Waals surface area (Å²) < 4.78 is 0. The van der Waals surface area contributed by atoms with E-state index < -0.39 is 0 Å². The molecule has 0 spiro atoms. The van der Waals surface area contributed by atoms with Crippen molar-refractivity contribution in [3.05, 3.63) is 24.8 Å². The molecule has 0 aromatic heterocycles. The van der Waals surface area contributed by atoms with Gasteiger partial charge in [0.15, 0.2) is 0 Å². The molecule has 0 aromatic rings. The summed E-state index contributed by atoms with van der Waals surface area (Å²) in [6, 6.07) is 0. The van der Waals surface area contributed by atoms with Crippen molar-refractivity contribution in [2.75, 3.05) is 0 Å². The van der Waals surface area contributed by atoms with E-state index in [9.17, 15) is 0 Å². The zero-order valence-electron chi connectivity index (χ0n) is 6.06. The predicted octanol–water partition coefficient (Wildman–Crippen LogP) is 2.00. The monoisotopic (exact) mass is 192 g/mol. The summed E-state index contributed by atoms with van der Waals surface area (Å²) in [4.78, 5) is 0. The third-order valence-corrected chi connectivity index (χ3v) is 0.997. The summed E-state index contributed by atoms with van der Waals surface area (Å²) in [6.07, 6.45) is 9.73. The van der Waals surface area contributed by atoms with Gasteiger partial charge in [0.25, 0.3) is 0 Å². The molecule has 0 aliphatic rings. The normalized spacial score (nSPS) is 9.00. The van der Waals surface area contributed by atoms with Crippen LogP contribution in [0, 0.1) is 0 Å². The van der Waals surface area contributed by atoms with E-state index in [1.807, 2.05) is 12.2 Å². The van der Waals surface area contributed by atoms with Crippen molar-refractivity contribution in [1.29, 1.82) is 0 Å². The molecule has 0 unspecified atom stereocenters. The molecule has 0 saturated heterocycles. The zero-order valence-corrected chi connectivity index (χ0v) is 8.16. The molecule has 0 N–H and O–H groups in total. The molecule has 54 valence electrons. The number of rotatable bonds is 4. The molecule has 0 saturated carbocycles. The zero-order chi connectivity index (χ0) is 6.24. The summed E-state index contributed by atoms with van der Waals surface area (Å²) >= 11 is 0. The van der Waals surface area contributed by atoms with E-state index in [1.165, 1.54) is 19.3 Å². The first-order valence-electron chi connectivity index (χ1n) is 3.19. The van der Waals surface area contributed by atoms with E-state index in [0.29, 0.717) is 0 Å². The molecule has 0 radical (unpaired) electrons. The summed E-state index contributed by atoms with van der Waals surface area (Å²) in [5.74, 6) is 0. The summed E-state index contributed by atoms with van der Waals surface area (Å²) in [5, 5.41) is 0. The van der Waals surface area contributed by atoms with Crippen molar-refractivity contribution in [1.82, 2.24) is 0 Å². The van der Waals surface area contributed by atoms with Crippen LogP contribution in [0.15, 0.2) is 24.8 Å². The molecule has 0 atom stereocenters. The average Bonchev–Trinajstić information content (AvgIpc) is 1.81. The Hall–Kier alpha value is -0.000519. The van der Waals surface area contributed by atoms with Crippen LogP contribution in [0.4, 0.5) is 0 Å². The molecule has 0 nitrogen and oxygen atoms in total. The third kappa shape index (κ3) is 11.5. The van der Waals surface area contributed by atoms with Crippen LogP contribution < -0.4 is 0 Å². The number of allylic oxidation sites excluding steroid dienone is 3. The van der Waals surface area contributed by atoms with Gasteiger partial charge in [-0.3, -0.25) is 0 Å². The number of hydrogen-bond donors (Lipinski definition) is 0. The number of unbranched alkanes of at least 4 members (excludes halogenated alkanes) is 2. The van der Waals surface area contributed by atoms with Gasteiger partial charge in [0, 0.05) is 0 Å². The van der Waals surface area contributed by atoms with E-state index in [1.54, 1.807) is 0 Å². The maximum atomic E-state index is 3.57. The van der Waals surface area contributed by atoms with Crippen molar-refractivity contribution >= 4 is 17.1 Å². The van der Waals surface area contributed by atoms with Crippen molar-refractivity contribution in [2.45, 2.75) is 26.2 Å². The van der Waals surface area contributed by atoms with Crippen LogP contribution in [0.5, 0.6) is 0 Å². The predicted molar refractivity (Wildman–Crippen MR) is 47.4 cm³/mol. The minimum absolute atomic E-state index is 0. The first-order chi connectivity index (χ1) is 3.91. The van der Waals surface area contributed by atoms with E-state index >= 15 is 0 Å². The molecule has 0 aliphatic heterocycles. The Morgan fingerprint density at radius 1 is 1.44 bits per heavy atom. The van der Waals surface area contributed by atoms with Crippen molar-refractivity contribution < 1.29 is 0 Å². The first kappa shape index (κ1) is 11.8. The van der Waals surface area contributed by atoms with Gasteiger partial charge in [-0.15, -0.1) is 0 Å². The van der Waals surface area contributed by atoms with Gasteiger partial charge in [-0.25, -0.2) is 0 Å². The summed E-state index contributed by atoms with van der Waals surface area (Å²) in [7, 11) is 0. The van der Waals surface area contributed by atoms with Crippen LogP contribution in [-0.4, -0.2) is 17.1 Å². The Labute approximate surface area is 68.5 Å². The van der Waals surface area contributed by atoms with Gasteiger partial charge in [0.05, 0.1) is 0 Å². The van der Waals surface area contributed by atoms with E-state index in [2.05, 4.69) is 19.6 Å². The second-order valence-electron chi connectivity index (χ2n) is 1.81. The average molecular weight is 191 g/mol. The molecule has 0 heterocycles. The molecule has 0 bridgehead atoms. The van der Waals surface area contributed by atoms with Crippen molar-refractivity contribution in [2.24, 2.45) is 0 Å². The number of hydrogen-bond acceptors (Lipinski definition) is 0. The molecule has 0 aromatic carbocycles. The van der Waals surface area contributed by atoms with Crippen LogP contribution in [0.25, 0.3) is 0 Å². The fraction of sp³-hybridized carbons (Fsp3) is 0.500. The van der Waals surface area contributed by atoms with Gasteiger partial charge in [-0.1, -0.05) is 44.6 Å². The van der Waals surface area contributed by atoms with Crippen LogP contribution >= 0.6 is 0 Å². The molecule has 0 rings (SSSR count). The Balaban J connectivity index is 0. The maximum absolute atomic E-state index is 3.57. The Morgan fingerprint density at radius 2 is 2.11 bits per heavy atom. The minimum atomic E-state index is 0. The van der Waals surface area contributed by atoms with Gasteiger partial charge < -0.3 is 0 Å². The Kier molecular flexibility index (Phi) is 14.2. The molecular weight excluding hydrogens is 175 g/mol. The van der Waals surface area contributed by atoms with E-state index in [0.717, 1.165) is 0 Å². The Morgan fingerprint density at radius 3 is 2.56 bits per heavy atom. The van der Waals surface area contributed by atoms with Crippen LogP contribution in [0.3, 0.4) is 0 Å². The summed E-state index contributed by atoms with van der Waals surface area (Å²) in [5.41, 5.74) is 0. The topological polar surface area (TPSA) is 0 Å². The molecular formula is C8H16Se. The van der Waals surface area contributed by atoms with Crippen molar-refractivity contribution in [3.8, 4) is 0 Å². The van der Waals surface area contributed by atoms with Crippen LogP contribution in [0.2, 0.25) is 0 Å². The fourth-order valence-electron chi connectivity index (χ4n) is 0.514. The second-order valence-corrected chi connectivity index (χ2v) is 1.81. The van der Waals surface area contributed by atoms with Gasteiger partial charge >= 0.3 is 17.1 Å². The van der Waals surface area contributed by atoms with Crippen LogP contribution in [0.1, 0.15) is 26.2 Å². The van der Waals surface area contributed by atoms with Crippen LogP contribution in [-0.2, 0) is 0 Å². The second kappa shape index (κ2) is 10.9. The molecule has 0 amide bonds. The molecule has 0 fully saturated rings. The van der Waals surface area contributed by atoms with E-state index in [4.69, 9.17) is 0 Å². The fourth-order valence-corrected chi connectivity index (χ4v) is 0.514. The third-order valence-electron chi connectivity index (χ3n) is 0.997. The van der Waals surface area contributed by atoms with Gasteiger partial charge in [-0.05, 0) is 6.42 Å². The van der Waals surface area contributed by atoms with Gasteiger partial charge in [-0.2, -0.15) is 0 Å².